The van der Waals surface area contributed by atoms with Gasteiger partial charge in [-0.1, -0.05) is 6.42 Å². The van der Waals surface area contributed by atoms with Crippen LogP contribution in [0.5, 0.6) is 11.5 Å². The van der Waals surface area contributed by atoms with Crippen LogP contribution in [0.3, 0.4) is 0 Å². The van der Waals surface area contributed by atoms with Crippen LogP contribution in [0, 0.1) is 5.92 Å². The third-order valence-electron chi connectivity index (χ3n) is 5.79. The number of phenolic OH excluding ortho intramolecular Hbond substituents is 1. The van der Waals surface area contributed by atoms with E-state index in [0.29, 0.717) is 22.2 Å². The molecule has 3 aliphatic rings. The zero-order valence-corrected chi connectivity index (χ0v) is 16.9. The van der Waals surface area contributed by atoms with E-state index in [4.69, 9.17) is 9.47 Å². The number of ether oxygens (including phenoxy) is 2. The van der Waals surface area contributed by atoms with Gasteiger partial charge in [-0.2, -0.15) is 0 Å². The lowest BCUT2D eigenvalue weighted by Crippen LogP contribution is -2.39. The number of Topliss-reactive ketones (excluding diaryl/α,β-unsaturated/α-hetero) is 1. The number of amides is 1. The molecule has 4 rings (SSSR count). The van der Waals surface area contributed by atoms with Gasteiger partial charge in [0, 0.05) is 6.54 Å². The second kappa shape index (κ2) is 6.86. The summed E-state index contributed by atoms with van der Waals surface area (Å²) in [6, 6.07) is 2.88. The number of halogens is 1. The Labute approximate surface area is 166 Å². The highest BCUT2D eigenvalue weighted by molar-refractivity contribution is 9.10. The number of nitrogens with zero attached hydrogens (tertiary/aromatic N) is 1. The zero-order chi connectivity index (χ0) is 19.3. The highest BCUT2D eigenvalue weighted by Crippen LogP contribution is 2.48. The molecule has 27 heavy (non-hydrogen) atoms. The number of fused-ring (bicyclic) bond motifs is 1. The van der Waals surface area contributed by atoms with Gasteiger partial charge in [0.25, 0.3) is 5.91 Å². The number of phenols is 1. The molecule has 3 unspecified atom stereocenters. The molecule has 1 saturated carbocycles. The number of rotatable bonds is 3. The minimum atomic E-state index is -0.529. The summed E-state index contributed by atoms with van der Waals surface area (Å²) >= 11 is 3.33. The van der Waals surface area contributed by atoms with Crippen LogP contribution in [0.1, 0.15) is 44.2 Å². The van der Waals surface area contributed by atoms with Crippen LogP contribution < -0.4 is 4.74 Å². The van der Waals surface area contributed by atoms with Gasteiger partial charge in [-0.15, -0.1) is 0 Å². The van der Waals surface area contributed by atoms with Gasteiger partial charge in [0.2, 0.25) is 0 Å². The Morgan fingerprint density at radius 2 is 2.04 bits per heavy atom. The molecule has 1 aromatic rings. The fourth-order valence-electron chi connectivity index (χ4n) is 4.47. The molecule has 0 aromatic heterocycles. The normalized spacial score (nSPS) is 27.4. The molecule has 1 aromatic carbocycles. The molecular weight excluding hydrogens is 414 g/mol. The summed E-state index contributed by atoms with van der Waals surface area (Å²) in [5, 5.41) is 10.1. The SMILES string of the molecule is CCN1C(=O)C2=C(C(=O)C3CCCCC3O2)C1c1cc(Br)c(O)c(OC)c1. The van der Waals surface area contributed by atoms with Crippen molar-refractivity contribution in [3.63, 3.8) is 0 Å². The zero-order valence-electron chi connectivity index (χ0n) is 15.3. The lowest BCUT2D eigenvalue weighted by Gasteiger charge is -2.35. The predicted octanol–water partition coefficient (Wildman–Crippen LogP) is 3.48. The molecule has 0 saturated heterocycles. The maximum Gasteiger partial charge on any atom is 0.290 e. The van der Waals surface area contributed by atoms with Crippen molar-refractivity contribution in [2.24, 2.45) is 5.92 Å². The molecule has 3 atom stereocenters. The fourth-order valence-corrected chi connectivity index (χ4v) is 4.93. The van der Waals surface area contributed by atoms with Crippen LogP contribution in [-0.4, -0.2) is 41.5 Å². The average Bonchev–Trinajstić information content (AvgIpc) is 2.96. The number of likely N-dealkylation sites (N-methyl/N-ethyl adjacent to an activating group) is 1. The van der Waals surface area contributed by atoms with E-state index in [1.807, 2.05) is 6.92 Å². The third-order valence-corrected chi connectivity index (χ3v) is 6.39. The average molecular weight is 436 g/mol. The van der Waals surface area contributed by atoms with E-state index in [1.165, 1.54) is 7.11 Å². The maximum absolute atomic E-state index is 13.3. The van der Waals surface area contributed by atoms with E-state index in [9.17, 15) is 14.7 Å². The largest absolute Gasteiger partial charge is 0.503 e. The molecule has 0 bridgehead atoms. The van der Waals surface area contributed by atoms with Gasteiger partial charge in [-0.25, -0.2) is 0 Å². The Kier molecular flexibility index (Phi) is 4.66. The van der Waals surface area contributed by atoms with Gasteiger partial charge < -0.3 is 19.5 Å². The van der Waals surface area contributed by atoms with E-state index >= 15 is 0 Å². The topological polar surface area (TPSA) is 76.1 Å². The van der Waals surface area contributed by atoms with Gasteiger partial charge >= 0.3 is 0 Å². The number of carbonyl (C=O) groups is 2. The first-order valence-corrected chi connectivity index (χ1v) is 10.1. The molecule has 1 aliphatic carbocycles. The number of benzene rings is 1. The van der Waals surface area contributed by atoms with Crippen LogP contribution >= 0.6 is 15.9 Å². The Bertz CT molecular complexity index is 849. The van der Waals surface area contributed by atoms with Crippen LogP contribution in [0.4, 0.5) is 0 Å². The monoisotopic (exact) mass is 435 g/mol. The second-order valence-electron chi connectivity index (χ2n) is 7.20. The highest BCUT2D eigenvalue weighted by Gasteiger charge is 2.51. The van der Waals surface area contributed by atoms with Crippen molar-refractivity contribution in [2.45, 2.75) is 44.8 Å². The lowest BCUT2D eigenvalue weighted by molar-refractivity contribution is -0.135. The second-order valence-corrected chi connectivity index (χ2v) is 8.06. The molecule has 144 valence electrons. The van der Waals surface area contributed by atoms with Crippen LogP contribution in [-0.2, 0) is 14.3 Å². The van der Waals surface area contributed by atoms with Crippen molar-refractivity contribution in [1.82, 2.24) is 4.90 Å². The lowest BCUT2D eigenvalue weighted by atomic mass is 9.77. The smallest absolute Gasteiger partial charge is 0.290 e. The molecule has 1 N–H and O–H groups in total. The summed E-state index contributed by atoms with van der Waals surface area (Å²) in [7, 11) is 1.47. The minimum absolute atomic E-state index is 0.0126. The number of aromatic hydroxyl groups is 1. The van der Waals surface area contributed by atoms with Crippen molar-refractivity contribution in [3.8, 4) is 11.5 Å². The predicted molar refractivity (Wildman–Crippen MR) is 101 cm³/mol. The number of ketones is 1. The molecule has 1 amide bonds. The summed E-state index contributed by atoms with van der Waals surface area (Å²) in [6.07, 6.45) is 3.46. The van der Waals surface area contributed by atoms with Crippen molar-refractivity contribution >= 4 is 27.6 Å². The van der Waals surface area contributed by atoms with E-state index in [0.717, 1.165) is 25.7 Å². The first-order valence-electron chi connectivity index (χ1n) is 9.30. The molecule has 7 heteroatoms. The molecule has 6 nitrogen and oxygen atoms in total. The third kappa shape index (κ3) is 2.74. The van der Waals surface area contributed by atoms with Crippen molar-refractivity contribution in [3.05, 3.63) is 33.5 Å². The Hall–Kier alpha value is -2.02. The number of hydrogen-bond acceptors (Lipinski definition) is 5. The number of methoxy groups -OCH3 is 1. The van der Waals surface area contributed by atoms with Crippen LogP contribution in [0.15, 0.2) is 27.9 Å². The molecule has 2 aliphatic heterocycles. The first-order chi connectivity index (χ1) is 13.0. The van der Waals surface area contributed by atoms with Crippen LogP contribution in [0.2, 0.25) is 0 Å². The maximum atomic E-state index is 13.3. The van der Waals surface area contributed by atoms with E-state index < -0.39 is 6.04 Å². The van der Waals surface area contributed by atoms with Gasteiger partial charge in [-0.05, 0) is 59.8 Å². The van der Waals surface area contributed by atoms with Gasteiger partial charge in [0.1, 0.15) is 6.10 Å². The Morgan fingerprint density at radius 3 is 2.74 bits per heavy atom. The summed E-state index contributed by atoms with van der Waals surface area (Å²) in [6.45, 7) is 2.33. The molecule has 2 heterocycles. The van der Waals surface area contributed by atoms with Crippen LogP contribution in [0.25, 0.3) is 0 Å². The van der Waals surface area contributed by atoms with E-state index in [1.54, 1.807) is 17.0 Å². The van der Waals surface area contributed by atoms with E-state index in [2.05, 4.69) is 15.9 Å². The number of carbonyl (C=O) groups excluding carboxylic acids is 2. The van der Waals surface area contributed by atoms with Crippen molar-refractivity contribution in [1.29, 1.82) is 0 Å². The highest BCUT2D eigenvalue weighted by atomic mass is 79.9. The van der Waals surface area contributed by atoms with Gasteiger partial charge in [0.15, 0.2) is 23.0 Å². The fraction of sp³-hybridized carbons (Fsp3) is 0.500. The Balaban J connectivity index is 1.84. The Morgan fingerprint density at radius 1 is 1.30 bits per heavy atom. The first kappa shape index (κ1) is 18.3. The summed E-state index contributed by atoms with van der Waals surface area (Å²) in [5.41, 5.74) is 1.16. The van der Waals surface area contributed by atoms with Crippen molar-refractivity contribution < 1.29 is 24.2 Å². The number of hydrogen-bond donors (Lipinski definition) is 1. The summed E-state index contributed by atoms with van der Waals surface area (Å²) in [5.74, 6) is 0.0970. The van der Waals surface area contributed by atoms with Gasteiger partial charge in [-0.3, -0.25) is 9.59 Å². The molecule has 1 fully saturated rings. The molecule has 0 radical (unpaired) electrons. The molecule has 0 spiro atoms. The quantitative estimate of drug-likeness (QED) is 0.786. The standard InChI is InChI=1S/C20H22BrNO5/c1-3-22-16(10-8-12(21)18(24)14(9-10)26-2)15-17(23)11-6-4-5-7-13(11)27-19(15)20(22)25/h8-9,11,13,16,24H,3-7H2,1-2H3. The summed E-state index contributed by atoms with van der Waals surface area (Å²) in [4.78, 5) is 28.0. The summed E-state index contributed by atoms with van der Waals surface area (Å²) < 4.78 is 11.8. The van der Waals surface area contributed by atoms with Crippen molar-refractivity contribution in [2.75, 3.05) is 13.7 Å². The van der Waals surface area contributed by atoms with E-state index in [-0.39, 0.29) is 41.0 Å². The molecular formula is C20H22BrNO5. The van der Waals surface area contributed by atoms with Gasteiger partial charge in [0.05, 0.1) is 29.1 Å². The minimum Gasteiger partial charge on any atom is -0.503 e.